The molecule has 0 saturated heterocycles. The second-order valence-corrected chi connectivity index (χ2v) is 6.78. The molecule has 0 aliphatic heterocycles. The third-order valence-corrected chi connectivity index (χ3v) is 4.69. The van der Waals surface area contributed by atoms with Crippen molar-refractivity contribution in [1.82, 2.24) is 14.3 Å². The molecule has 0 saturated carbocycles. The van der Waals surface area contributed by atoms with Crippen molar-refractivity contribution in [2.45, 2.75) is 20.0 Å². The highest BCUT2D eigenvalue weighted by atomic mass is 16.1. The summed E-state index contributed by atoms with van der Waals surface area (Å²) in [6.07, 6.45) is 1.77. The molecule has 2 aromatic carbocycles. The van der Waals surface area contributed by atoms with Crippen LogP contribution in [-0.2, 0) is 13.1 Å². The van der Waals surface area contributed by atoms with Crippen LogP contribution in [0.5, 0.6) is 0 Å². The minimum atomic E-state index is -0.0349. The van der Waals surface area contributed by atoms with E-state index in [9.17, 15) is 4.79 Å². The summed E-state index contributed by atoms with van der Waals surface area (Å²) in [5.74, 6) is 0. The van der Waals surface area contributed by atoms with Gasteiger partial charge >= 0.3 is 0 Å². The minimum Gasteiger partial charge on any atom is -0.296 e. The highest BCUT2D eigenvalue weighted by molar-refractivity contribution is 5.85. The molecule has 4 heteroatoms. The van der Waals surface area contributed by atoms with Crippen LogP contribution >= 0.6 is 0 Å². The molecule has 4 rings (SSSR count). The fourth-order valence-corrected chi connectivity index (χ4v) is 3.44. The van der Waals surface area contributed by atoms with Gasteiger partial charge in [0.2, 0.25) is 0 Å². The molecular weight excluding hydrogens is 322 g/mol. The van der Waals surface area contributed by atoms with Crippen molar-refractivity contribution >= 4 is 16.4 Å². The second kappa shape index (κ2) is 6.73. The van der Waals surface area contributed by atoms with E-state index in [0.29, 0.717) is 6.54 Å². The third-order valence-electron chi connectivity index (χ3n) is 4.69. The van der Waals surface area contributed by atoms with E-state index in [4.69, 9.17) is 4.98 Å². The zero-order chi connectivity index (χ0) is 18.1. The van der Waals surface area contributed by atoms with Gasteiger partial charge in [0.05, 0.1) is 5.69 Å². The highest BCUT2D eigenvalue weighted by Crippen LogP contribution is 2.20. The molecule has 0 fully saturated rings. The van der Waals surface area contributed by atoms with Gasteiger partial charge in [-0.1, -0.05) is 48.5 Å². The van der Waals surface area contributed by atoms with Crippen LogP contribution in [0.1, 0.15) is 16.8 Å². The van der Waals surface area contributed by atoms with E-state index in [1.807, 2.05) is 19.1 Å². The monoisotopic (exact) mass is 343 g/mol. The average molecular weight is 343 g/mol. The molecule has 0 N–H and O–H groups in total. The summed E-state index contributed by atoms with van der Waals surface area (Å²) in [5.41, 5.74) is 3.77. The quantitative estimate of drug-likeness (QED) is 0.566. The number of fused-ring (bicyclic) bond motifs is 2. The lowest BCUT2D eigenvalue weighted by molar-refractivity contribution is 0.316. The van der Waals surface area contributed by atoms with Crippen LogP contribution in [0.25, 0.3) is 16.4 Å². The first-order valence-electron chi connectivity index (χ1n) is 8.75. The molecule has 0 atom stereocenters. The molecule has 0 aliphatic rings. The van der Waals surface area contributed by atoms with E-state index in [1.54, 1.807) is 16.7 Å². The average Bonchev–Trinajstić information content (AvgIpc) is 2.63. The molecule has 4 aromatic rings. The fraction of sp³-hybridized carbons (Fsp3) is 0.182. The van der Waals surface area contributed by atoms with Gasteiger partial charge in [0.15, 0.2) is 0 Å². The van der Waals surface area contributed by atoms with E-state index in [-0.39, 0.29) is 5.56 Å². The van der Waals surface area contributed by atoms with E-state index in [2.05, 4.69) is 54.4 Å². The Balaban J connectivity index is 1.62. The normalized spacial score (nSPS) is 11.5. The van der Waals surface area contributed by atoms with Crippen molar-refractivity contribution in [2.75, 3.05) is 7.05 Å². The molecule has 26 heavy (non-hydrogen) atoms. The minimum absolute atomic E-state index is 0.0349. The van der Waals surface area contributed by atoms with Gasteiger partial charge in [0.25, 0.3) is 5.56 Å². The summed E-state index contributed by atoms with van der Waals surface area (Å²) >= 11 is 0. The lowest BCUT2D eigenvalue weighted by Crippen LogP contribution is -2.22. The molecule has 0 bridgehead atoms. The smallest absolute Gasteiger partial charge is 0.258 e. The number of aryl methyl sites for hydroxylation is 1. The van der Waals surface area contributed by atoms with Gasteiger partial charge in [-0.2, -0.15) is 0 Å². The standard InChI is InChI=1S/C22H21N3O/c1-16-7-6-12-25-21(26)13-19(23-22(16)25)15-24(2)14-18-10-5-9-17-8-3-4-11-20(17)18/h3-13H,14-15H2,1-2H3. The summed E-state index contributed by atoms with van der Waals surface area (Å²) in [7, 11) is 2.06. The van der Waals surface area contributed by atoms with Crippen molar-refractivity contribution in [3.05, 3.63) is 94.0 Å². The number of aromatic nitrogens is 2. The van der Waals surface area contributed by atoms with E-state index in [0.717, 1.165) is 23.4 Å². The van der Waals surface area contributed by atoms with Crippen LogP contribution in [-0.4, -0.2) is 21.3 Å². The first-order chi connectivity index (χ1) is 12.6. The summed E-state index contributed by atoms with van der Waals surface area (Å²) in [5, 5.41) is 2.51. The maximum Gasteiger partial charge on any atom is 0.258 e. The van der Waals surface area contributed by atoms with Gasteiger partial charge in [-0.3, -0.25) is 14.1 Å². The topological polar surface area (TPSA) is 37.6 Å². The zero-order valence-corrected chi connectivity index (χ0v) is 15.0. The maximum atomic E-state index is 12.4. The van der Waals surface area contributed by atoms with Gasteiger partial charge in [-0.15, -0.1) is 0 Å². The first kappa shape index (κ1) is 16.5. The Morgan fingerprint density at radius 2 is 1.81 bits per heavy atom. The van der Waals surface area contributed by atoms with Gasteiger partial charge in [0, 0.05) is 25.4 Å². The predicted molar refractivity (Wildman–Crippen MR) is 105 cm³/mol. The number of pyridine rings is 1. The van der Waals surface area contributed by atoms with Crippen molar-refractivity contribution < 1.29 is 0 Å². The van der Waals surface area contributed by atoms with Crippen molar-refractivity contribution in [3.63, 3.8) is 0 Å². The van der Waals surface area contributed by atoms with Crippen LogP contribution in [0, 0.1) is 6.92 Å². The number of rotatable bonds is 4. The molecule has 2 aromatic heterocycles. The van der Waals surface area contributed by atoms with Crippen molar-refractivity contribution in [1.29, 1.82) is 0 Å². The SMILES string of the molecule is Cc1cccn2c(=O)cc(CN(C)Cc3cccc4ccccc34)nc12. The Labute approximate surface area is 152 Å². The van der Waals surface area contributed by atoms with Crippen LogP contribution in [0.15, 0.2) is 71.7 Å². The van der Waals surface area contributed by atoms with Gasteiger partial charge in [-0.25, -0.2) is 4.98 Å². The molecule has 0 radical (unpaired) electrons. The molecule has 2 heterocycles. The van der Waals surface area contributed by atoms with Crippen molar-refractivity contribution in [2.24, 2.45) is 0 Å². The molecule has 4 nitrogen and oxygen atoms in total. The number of hydrogen-bond acceptors (Lipinski definition) is 3. The Morgan fingerprint density at radius 3 is 2.69 bits per heavy atom. The molecule has 0 aliphatic carbocycles. The number of benzene rings is 2. The molecule has 0 unspecified atom stereocenters. The molecule has 130 valence electrons. The Morgan fingerprint density at radius 1 is 1.00 bits per heavy atom. The lowest BCUT2D eigenvalue weighted by Gasteiger charge is -2.18. The summed E-state index contributed by atoms with van der Waals surface area (Å²) in [6, 6.07) is 20.3. The lowest BCUT2D eigenvalue weighted by atomic mass is 10.0. The van der Waals surface area contributed by atoms with Crippen LogP contribution in [0.4, 0.5) is 0 Å². The van der Waals surface area contributed by atoms with Gasteiger partial charge in [-0.05, 0) is 41.9 Å². The second-order valence-electron chi connectivity index (χ2n) is 6.78. The van der Waals surface area contributed by atoms with E-state index >= 15 is 0 Å². The maximum absolute atomic E-state index is 12.4. The molecule has 0 spiro atoms. The van der Waals surface area contributed by atoms with Gasteiger partial charge in [0.1, 0.15) is 5.65 Å². The summed E-state index contributed by atoms with van der Waals surface area (Å²) in [6.45, 7) is 3.41. The van der Waals surface area contributed by atoms with Crippen molar-refractivity contribution in [3.8, 4) is 0 Å². The van der Waals surface area contributed by atoms with Crippen LogP contribution < -0.4 is 5.56 Å². The zero-order valence-electron chi connectivity index (χ0n) is 15.0. The summed E-state index contributed by atoms with van der Waals surface area (Å²) in [4.78, 5) is 19.3. The fourth-order valence-electron chi connectivity index (χ4n) is 3.44. The Kier molecular flexibility index (Phi) is 4.27. The van der Waals surface area contributed by atoms with E-state index in [1.165, 1.54) is 16.3 Å². The number of hydrogen-bond donors (Lipinski definition) is 0. The molecule has 0 amide bonds. The molecular formula is C22H21N3O. The largest absolute Gasteiger partial charge is 0.296 e. The van der Waals surface area contributed by atoms with E-state index < -0.39 is 0 Å². The highest BCUT2D eigenvalue weighted by Gasteiger charge is 2.09. The third kappa shape index (κ3) is 3.11. The van der Waals surface area contributed by atoms with Crippen LogP contribution in [0.2, 0.25) is 0 Å². The predicted octanol–water partition coefficient (Wildman–Crippen LogP) is 3.79. The number of nitrogens with zero attached hydrogens (tertiary/aromatic N) is 3. The first-order valence-corrected chi connectivity index (χ1v) is 8.75. The Hall–Kier alpha value is -2.98. The van der Waals surface area contributed by atoms with Crippen LogP contribution in [0.3, 0.4) is 0 Å². The van der Waals surface area contributed by atoms with Gasteiger partial charge < -0.3 is 0 Å². The summed E-state index contributed by atoms with van der Waals surface area (Å²) < 4.78 is 1.60. The Bertz CT molecular complexity index is 1140.